The number of hydrogen-bond donors (Lipinski definition) is 7. The fraction of sp³-hybridized carbons (Fsp3) is 0.802. The van der Waals surface area contributed by atoms with Crippen LogP contribution in [-0.2, 0) is 133 Å². The number of hydrogen-bond acceptors (Lipinski definition) is 32. The summed E-state index contributed by atoms with van der Waals surface area (Å²) in [5.41, 5.74) is 15.0. The molecule has 0 saturated heterocycles. The van der Waals surface area contributed by atoms with Gasteiger partial charge in [-0.25, -0.2) is 9.59 Å². The average molecular weight is 1680 g/mol. The number of alkyl carbamates (subject to hydrolysis) is 1. The van der Waals surface area contributed by atoms with Gasteiger partial charge in [0.1, 0.15) is 12.6 Å². The molecule has 0 saturated carbocycles. The number of ether oxygens (including phenoxy) is 25. The van der Waals surface area contributed by atoms with Gasteiger partial charge in [0, 0.05) is 51.0 Å². The van der Waals surface area contributed by atoms with Gasteiger partial charge in [-0.15, -0.1) is 0 Å². The number of carbonyl (C=O) groups is 4. The van der Waals surface area contributed by atoms with E-state index in [0.29, 0.717) is 362 Å². The molecule has 0 fully saturated rings. The van der Waals surface area contributed by atoms with Gasteiger partial charge < -0.3 is 156 Å². The Balaban J connectivity index is 1.14. The molecule has 0 spiro atoms. The van der Waals surface area contributed by atoms with E-state index in [1.165, 1.54) is 0 Å². The average Bonchev–Trinajstić information content (AvgIpc) is 1.62. The Morgan fingerprint density at radius 2 is 0.581 bits per heavy atom. The Bertz CT molecular complexity index is 2510. The van der Waals surface area contributed by atoms with Crippen molar-refractivity contribution in [3.8, 4) is 11.1 Å². The van der Waals surface area contributed by atoms with E-state index in [9.17, 15) is 24.3 Å². The minimum Gasteiger partial charge on any atom is -0.480 e. The molecule has 9 N–H and O–H groups in total. The van der Waals surface area contributed by atoms with Crippen molar-refractivity contribution in [2.24, 2.45) is 11.5 Å². The summed E-state index contributed by atoms with van der Waals surface area (Å²) in [6.45, 7) is 24.0. The highest BCUT2D eigenvalue weighted by atomic mass is 16.6. The van der Waals surface area contributed by atoms with Crippen molar-refractivity contribution in [1.82, 2.24) is 21.3 Å². The van der Waals surface area contributed by atoms with E-state index in [2.05, 4.69) is 21.3 Å². The van der Waals surface area contributed by atoms with Crippen LogP contribution in [0.5, 0.6) is 0 Å². The number of amides is 3. The van der Waals surface area contributed by atoms with Crippen LogP contribution in [0.1, 0.15) is 68.4 Å². The van der Waals surface area contributed by atoms with Gasteiger partial charge in [-0.1, -0.05) is 48.5 Å². The molecule has 1 aliphatic carbocycles. The molecular formula is C81H144N6O30. The first-order valence-corrected chi connectivity index (χ1v) is 41.7. The van der Waals surface area contributed by atoms with Gasteiger partial charge in [0.2, 0.25) is 11.8 Å². The molecule has 0 radical (unpaired) electrons. The SMILES string of the molecule is NCCOCCOCCOCCOCCOCCOCCOCCOCCOCCOCCOCCOCCC(=O)NCCCC[C@@H](CNCCCC[C@H](NC(=O)OCC1c2ccccc2-c2ccccc21)C(=O)O)NC(=O)CCOCCOCCOCCOCCOCCOCCOCCOCCOCCOCCOCCOCCN. The van der Waals surface area contributed by atoms with Crippen LogP contribution >= 0.6 is 0 Å². The zero-order valence-electron chi connectivity index (χ0n) is 69.6. The van der Waals surface area contributed by atoms with Crippen LogP contribution in [0, 0.1) is 0 Å². The number of nitrogens with one attached hydrogen (secondary N) is 4. The minimum atomic E-state index is -1.15. The van der Waals surface area contributed by atoms with Crippen LogP contribution in [-0.4, -0.2) is 398 Å². The minimum absolute atomic E-state index is 0.0737. The highest BCUT2D eigenvalue weighted by Crippen LogP contribution is 2.44. The number of aliphatic carboxylic acids is 1. The molecule has 3 amide bonds. The summed E-state index contributed by atoms with van der Waals surface area (Å²) in [5, 5.41) is 22.0. The summed E-state index contributed by atoms with van der Waals surface area (Å²) in [7, 11) is 0. The topological polar surface area (TPSA) is 419 Å². The van der Waals surface area contributed by atoms with Crippen molar-refractivity contribution in [3.63, 3.8) is 0 Å². The fourth-order valence-electron chi connectivity index (χ4n) is 10.8. The second kappa shape index (κ2) is 83.3. The van der Waals surface area contributed by atoms with Crippen LogP contribution in [0.4, 0.5) is 4.79 Å². The van der Waals surface area contributed by atoms with Gasteiger partial charge in [0.15, 0.2) is 0 Å². The highest BCUT2D eigenvalue weighted by Gasteiger charge is 2.30. The van der Waals surface area contributed by atoms with Crippen molar-refractivity contribution < 1.29 is 143 Å². The number of benzene rings is 2. The number of rotatable bonds is 93. The Kier molecular flexibility index (Phi) is 75.6. The molecule has 3 rings (SSSR count). The van der Waals surface area contributed by atoms with Crippen LogP contribution in [0.15, 0.2) is 48.5 Å². The predicted molar refractivity (Wildman–Crippen MR) is 432 cm³/mol. The van der Waals surface area contributed by atoms with Gasteiger partial charge in [0.05, 0.1) is 317 Å². The summed E-state index contributed by atoms with van der Waals surface area (Å²) in [4.78, 5) is 51.0. The van der Waals surface area contributed by atoms with E-state index in [1.807, 2.05) is 48.5 Å². The van der Waals surface area contributed by atoms with Crippen molar-refractivity contribution in [2.75, 3.05) is 356 Å². The fourth-order valence-corrected chi connectivity index (χ4v) is 10.8. The molecule has 2 aromatic rings. The number of nitrogens with two attached hydrogens (primary N) is 2. The van der Waals surface area contributed by atoms with Crippen LogP contribution in [0.2, 0.25) is 0 Å². The third-order valence-electron chi connectivity index (χ3n) is 16.7. The van der Waals surface area contributed by atoms with Crippen molar-refractivity contribution in [2.45, 2.75) is 69.4 Å². The van der Waals surface area contributed by atoms with Crippen molar-refractivity contribution >= 4 is 23.9 Å². The lowest BCUT2D eigenvalue weighted by atomic mass is 9.98. The van der Waals surface area contributed by atoms with E-state index in [0.717, 1.165) is 28.7 Å². The lowest BCUT2D eigenvalue weighted by Gasteiger charge is -2.20. The molecule has 36 heteroatoms. The highest BCUT2D eigenvalue weighted by molar-refractivity contribution is 5.81. The third kappa shape index (κ3) is 66.4. The van der Waals surface area contributed by atoms with E-state index in [-0.39, 0.29) is 62.9 Å². The van der Waals surface area contributed by atoms with E-state index in [1.54, 1.807) is 0 Å². The Hall–Kier alpha value is -4.96. The molecule has 678 valence electrons. The molecule has 0 aliphatic heterocycles. The van der Waals surface area contributed by atoms with Crippen LogP contribution in [0.3, 0.4) is 0 Å². The molecular weight excluding hydrogens is 1540 g/mol. The standard InChI is InChI=1S/C81H144N6O30/c82-17-23-95-27-31-99-35-39-103-43-47-107-51-55-111-59-63-115-67-65-113-61-57-109-53-49-105-45-41-101-37-33-97-29-25-93-21-15-78(88)85-20-8-5-9-71(69-84-19-7-6-14-77(80(90)91)87-81(92)117-70-76-74-12-3-1-10-72(74)73-11-2-4-13-75(73)76)86-79(89)16-22-94-26-30-98-34-38-102-42-46-106-50-54-110-58-62-114-66-68-116-64-60-112-56-52-108-48-44-104-40-36-100-32-28-96-24-18-83/h1-4,10-13,71,76-77,84H,5-9,14-70,82-83H2,(H,85,88)(H,86,89)(H,87,92)(H,90,91)/t71-,77-/m0/s1. The van der Waals surface area contributed by atoms with E-state index in [4.69, 9.17) is 130 Å². The lowest BCUT2D eigenvalue weighted by Crippen LogP contribution is -2.43. The van der Waals surface area contributed by atoms with Gasteiger partial charge in [-0.3, -0.25) is 9.59 Å². The summed E-state index contributed by atoms with van der Waals surface area (Å²) in [6, 6.07) is 14.6. The molecule has 0 aromatic heterocycles. The molecule has 0 bridgehead atoms. The summed E-state index contributed by atoms with van der Waals surface area (Å²) >= 11 is 0. The van der Waals surface area contributed by atoms with E-state index >= 15 is 0 Å². The first kappa shape index (κ1) is 106. The first-order valence-electron chi connectivity index (χ1n) is 41.7. The maximum absolute atomic E-state index is 13.2. The number of fused-ring (bicyclic) bond motifs is 3. The van der Waals surface area contributed by atoms with Gasteiger partial charge in [-0.05, 0) is 67.3 Å². The lowest BCUT2D eigenvalue weighted by molar-refractivity contribution is -0.139. The molecule has 36 nitrogen and oxygen atoms in total. The maximum atomic E-state index is 13.2. The predicted octanol–water partition coefficient (Wildman–Crippen LogP) is 2.61. The molecule has 2 atom stereocenters. The Morgan fingerprint density at radius 3 is 0.880 bits per heavy atom. The van der Waals surface area contributed by atoms with Gasteiger partial charge in [-0.2, -0.15) is 0 Å². The Morgan fingerprint density at radius 1 is 0.316 bits per heavy atom. The zero-order valence-corrected chi connectivity index (χ0v) is 69.6. The molecule has 0 heterocycles. The third-order valence-corrected chi connectivity index (χ3v) is 16.7. The van der Waals surface area contributed by atoms with Crippen LogP contribution in [0.25, 0.3) is 11.1 Å². The Labute approximate surface area is 693 Å². The number of unbranched alkanes of at least 4 members (excludes halogenated alkanes) is 2. The number of carboxylic acid groups (broad SMARTS) is 1. The quantitative estimate of drug-likeness (QED) is 0.0468. The zero-order chi connectivity index (χ0) is 83.4. The second-order valence-electron chi connectivity index (χ2n) is 25.9. The van der Waals surface area contributed by atoms with E-state index < -0.39 is 18.1 Å². The second-order valence-corrected chi connectivity index (χ2v) is 25.9. The maximum Gasteiger partial charge on any atom is 0.407 e. The summed E-state index contributed by atoms with van der Waals surface area (Å²) in [5.74, 6) is -1.60. The van der Waals surface area contributed by atoms with Gasteiger partial charge >= 0.3 is 12.1 Å². The largest absolute Gasteiger partial charge is 0.480 e. The normalized spacial score (nSPS) is 12.5. The monoisotopic (exact) mass is 1680 g/mol. The summed E-state index contributed by atoms with van der Waals surface area (Å²) in [6.07, 6.45) is 2.95. The van der Waals surface area contributed by atoms with Crippen molar-refractivity contribution in [1.29, 1.82) is 0 Å². The first-order chi connectivity index (χ1) is 57.8. The molecule has 0 unspecified atom stereocenters. The van der Waals surface area contributed by atoms with Crippen LogP contribution < -0.4 is 32.7 Å². The molecule has 1 aliphatic rings. The van der Waals surface area contributed by atoms with Crippen molar-refractivity contribution in [3.05, 3.63) is 59.7 Å². The molecule has 2 aromatic carbocycles. The number of carbonyl (C=O) groups excluding carboxylic acids is 3. The number of carboxylic acids is 1. The summed E-state index contributed by atoms with van der Waals surface area (Å²) < 4.78 is 138. The van der Waals surface area contributed by atoms with Gasteiger partial charge in [0.25, 0.3) is 0 Å². The molecule has 117 heavy (non-hydrogen) atoms. The smallest absolute Gasteiger partial charge is 0.407 e.